The number of halogens is 1. The molecule has 4 nitrogen and oxygen atoms in total. The maximum atomic E-state index is 13.5. The quantitative estimate of drug-likeness (QED) is 0.852. The van der Waals surface area contributed by atoms with Crippen molar-refractivity contribution in [3.63, 3.8) is 0 Å². The van der Waals surface area contributed by atoms with Gasteiger partial charge >= 0.3 is 5.97 Å². The van der Waals surface area contributed by atoms with E-state index < -0.39 is 17.7 Å². The van der Waals surface area contributed by atoms with Crippen LogP contribution in [0.3, 0.4) is 0 Å². The topological polar surface area (TPSA) is 55.4 Å². The van der Waals surface area contributed by atoms with Crippen LogP contribution in [0.2, 0.25) is 0 Å². The third-order valence-electron chi connectivity index (χ3n) is 3.04. The summed E-state index contributed by atoms with van der Waals surface area (Å²) < 4.78 is 18.7. The van der Waals surface area contributed by atoms with Gasteiger partial charge in [-0.3, -0.25) is 4.79 Å². The highest BCUT2D eigenvalue weighted by molar-refractivity contribution is 6.04. The summed E-state index contributed by atoms with van der Waals surface area (Å²) in [5.74, 6) is -1.28. The molecule has 1 N–H and O–H groups in total. The maximum Gasteiger partial charge on any atom is 0.338 e. The molecule has 120 valence electrons. The first-order valence-corrected chi connectivity index (χ1v) is 7.30. The summed E-state index contributed by atoms with van der Waals surface area (Å²) in [4.78, 5) is 23.8. The van der Waals surface area contributed by atoms with Gasteiger partial charge in [-0.1, -0.05) is 26.0 Å². The lowest BCUT2D eigenvalue weighted by atomic mass is 10.1. The minimum Gasteiger partial charge on any atom is -0.462 e. The predicted molar refractivity (Wildman–Crippen MR) is 85.9 cm³/mol. The predicted octanol–water partition coefficient (Wildman–Crippen LogP) is 3.89. The number of rotatable bonds is 5. The number of hydrogen-bond donors (Lipinski definition) is 1. The third kappa shape index (κ3) is 4.64. The van der Waals surface area contributed by atoms with Gasteiger partial charge in [-0.15, -0.1) is 0 Å². The molecule has 0 heterocycles. The molecule has 0 saturated carbocycles. The first-order chi connectivity index (χ1) is 11.0. The zero-order chi connectivity index (χ0) is 16.8. The van der Waals surface area contributed by atoms with Gasteiger partial charge in [-0.2, -0.15) is 0 Å². The van der Waals surface area contributed by atoms with Crippen LogP contribution in [0.5, 0.6) is 0 Å². The zero-order valence-corrected chi connectivity index (χ0v) is 13.0. The minimum atomic E-state index is -0.584. The van der Waals surface area contributed by atoms with Crippen molar-refractivity contribution in [2.75, 3.05) is 11.9 Å². The Morgan fingerprint density at radius 2 is 1.74 bits per heavy atom. The molecule has 0 aliphatic heterocycles. The van der Waals surface area contributed by atoms with Crippen LogP contribution < -0.4 is 5.32 Å². The van der Waals surface area contributed by atoms with Gasteiger partial charge in [0.1, 0.15) is 5.82 Å². The van der Waals surface area contributed by atoms with Crippen molar-refractivity contribution in [2.24, 2.45) is 5.92 Å². The number of carbonyl (C=O) groups excluding carboxylic acids is 2. The van der Waals surface area contributed by atoms with Gasteiger partial charge in [0.25, 0.3) is 5.91 Å². The molecule has 0 bridgehead atoms. The Morgan fingerprint density at radius 3 is 2.35 bits per heavy atom. The first-order valence-electron chi connectivity index (χ1n) is 7.30. The van der Waals surface area contributed by atoms with Crippen molar-refractivity contribution < 1.29 is 18.7 Å². The third-order valence-corrected chi connectivity index (χ3v) is 3.04. The summed E-state index contributed by atoms with van der Waals surface area (Å²) >= 11 is 0. The average Bonchev–Trinajstić information content (AvgIpc) is 2.53. The molecule has 0 aromatic heterocycles. The van der Waals surface area contributed by atoms with E-state index >= 15 is 0 Å². The first kappa shape index (κ1) is 16.7. The Morgan fingerprint density at radius 1 is 1.09 bits per heavy atom. The van der Waals surface area contributed by atoms with Crippen LogP contribution in [-0.4, -0.2) is 18.5 Å². The molecule has 2 rings (SSSR count). The van der Waals surface area contributed by atoms with E-state index in [4.69, 9.17) is 4.74 Å². The normalized spacial score (nSPS) is 10.4. The number of carbonyl (C=O) groups is 2. The van der Waals surface area contributed by atoms with Crippen LogP contribution in [0.1, 0.15) is 34.6 Å². The highest BCUT2D eigenvalue weighted by Crippen LogP contribution is 2.14. The minimum absolute atomic E-state index is 0.0343. The Labute approximate surface area is 134 Å². The average molecular weight is 315 g/mol. The largest absolute Gasteiger partial charge is 0.462 e. The van der Waals surface area contributed by atoms with Crippen molar-refractivity contribution >= 4 is 17.6 Å². The Balaban J connectivity index is 2.01. The Bertz CT molecular complexity index is 696. The number of nitrogens with one attached hydrogen (secondary N) is 1. The van der Waals surface area contributed by atoms with E-state index in [0.29, 0.717) is 17.9 Å². The van der Waals surface area contributed by atoms with E-state index in [1.807, 2.05) is 13.8 Å². The molecule has 0 radical (unpaired) electrons. The molecular formula is C18H18FNO3. The van der Waals surface area contributed by atoms with E-state index in [9.17, 15) is 14.0 Å². The van der Waals surface area contributed by atoms with Gasteiger partial charge in [0.05, 0.1) is 17.7 Å². The van der Waals surface area contributed by atoms with Gasteiger partial charge in [0, 0.05) is 5.69 Å². The summed E-state index contributed by atoms with van der Waals surface area (Å²) in [6, 6.07) is 12.0. The van der Waals surface area contributed by atoms with Crippen LogP contribution in [0.15, 0.2) is 48.5 Å². The van der Waals surface area contributed by atoms with Crippen molar-refractivity contribution in [3.05, 3.63) is 65.5 Å². The molecule has 0 aliphatic carbocycles. The number of esters is 1. The molecule has 1 amide bonds. The number of benzene rings is 2. The zero-order valence-electron chi connectivity index (χ0n) is 13.0. The SMILES string of the molecule is CC(C)COC(=O)c1ccc(NC(=O)c2ccccc2F)cc1. The van der Waals surface area contributed by atoms with E-state index in [2.05, 4.69) is 5.32 Å². The van der Waals surface area contributed by atoms with Crippen molar-refractivity contribution in [1.29, 1.82) is 0 Å². The second kappa shape index (κ2) is 7.54. The van der Waals surface area contributed by atoms with Crippen molar-refractivity contribution in [1.82, 2.24) is 0 Å². The van der Waals surface area contributed by atoms with E-state index in [0.717, 1.165) is 0 Å². The lowest BCUT2D eigenvalue weighted by Crippen LogP contribution is -2.14. The Hall–Kier alpha value is -2.69. The molecule has 0 atom stereocenters. The van der Waals surface area contributed by atoms with Crippen LogP contribution in [-0.2, 0) is 4.74 Å². The molecule has 0 fully saturated rings. The molecule has 0 spiro atoms. The number of anilines is 1. The maximum absolute atomic E-state index is 13.5. The Kier molecular flexibility index (Phi) is 5.46. The second-order valence-corrected chi connectivity index (χ2v) is 5.50. The fraction of sp³-hybridized carbons (Fsp3) is 0.222. The van der Waals surface area contributed by atoms with Gasteiger partial charge in [0.15, 0.2) is 0 Å². The number of hydrogen-bond acceptors (Lipinski definition) is 3. The summed E-state index contributed by atoms with van der Waals surface area (Å²) in [6.07, 6.45) is 0. The van der Waals surface area contributed by atoms with Crippen LogP contribution in [0.25, 0.3) is 0 Å². The van der Waals surface area contributed by atoms with E-state index in [1.54, 1.807) is 30.3 Å². The molecule has 2 aromatic rings. The van der Waals surface area contributed by atoms with Crippen LogP contribution in [0, 0.1) is 11.7 Å². The van der Waals surface area contributed by atoms with Gasteiger partial charge in [-0.05, 0) is 42.3 Å². The molecule has 2 aromatic carbocycles. The molecule has 23 heavy (non-hydrogen) atoms. The summed E-state index contributed by atoms with van der Waals surface area (Å²) in [5, 5.41) is 2.58. The van der Waals surface area contributed by atoms with E-state index in [1.165, 1.54) is 18.2 Å². The van der Waals surface area contributed by atoms with E-state index in [-0.39, 0.29) is 11.5 Å². The lowest BCUT2D eigenvalue weighted by Gasteiger charge is -2.09. The van der Waals surface area contributed by atoms with Gasteiger partial charge in [-0.25, -0.2) is 9.18 Å². The molecule has 0 aliphatic rings. The number of amides is 1. The highest BCUT2D eigenvalue weighted by Gasteiger charge is 2.12. The van der Waals surface area contributed by atoms with Gasteiger partial charge in [0.2, 0.25) is 0 Å². The summed E-state index contributed by atoms with van der Waals surface area (Å²) in [7, 11) is 0. The summed E-state index contributed by atoms with van der Waals surface area (Å²) in [6.45, 7) is 4.26. The molecule has 0 saturated heterocycles. The summed E-state index contributed by atoms with van der Waals surface area (Å²) in [5.41, 5.74) is 0.834. The van der Waals surface area contributed by atoms with Crippen molar-refractivity contribution in [2.45, 2.75) is 13.8 Å². The molecular weight excluding hydrogens is 297 g/mol. The molecule has 5 heteroatoms. The fourth-order valence-electron chi connectivity index (χ4n) is 1.86. The fourth-order valence-corrected chi connectivity index (χ4v) is 1.86. The second-order valence-electron chi connectivity index (χ2n) is 5.50. The van der Waals surface area contributed by atoms with Gasteiger partial charge < -0.3 is 10.1 Å². The smallest absolute Gasteiger partial charge is 0.338 e. The lowest BCUT2D eigenvalue weighted by molar-refractivity contribution is 0.0459. The van der Waals surface area contributed by atoms with Crippen molar-refractivity contribution in [3.8, 4) is 0 Å². The molecule has 0 unspecified atom stereocenters. The van der Waals surface area contributed by atoms with Crippen LogP contribution >= 0.6 is 0 Å². The standard InChI is InChI=1S/C18H18FNO3/c1-12(2)11-23-18(22)13-7-9-14(10-8-13)20-17(21)15-5-3-4-6-16(15)19/h3-10,12H,11H2,1-2H3,(H,20,21). The highest BCUT2D eigenvalue weighted by atomic mass is 19.1. The number of ether oxygens (including phenoxy) is 1. The van der Waals surface area contributed by atoms with Crippen LogP contribution in [0.4, 0.5) is 10.1 Å². The monoisotopic (exact) mass is 315 g/mol.